The summed E-state index contributed by atoms with van der Waals surface area (Å²) in [6.07, 6.45) is 0. The van der Waals surface area contributed by atoms with E-state index in [4.69, 9.17) is 0 Å². The number of fused-ring (bicyclic) bond motifs is 1. The molecule has 0 radical (unpaired) electrons. The number of rotatable bonds is 1. The highest BCUT2D eigenvalue weighted by Crippen LogP contribution is 2.25. The van der Waals surface area contributed by atoms with Crippen LogP contribution in [0.25, 0.3) is 10.8 Å². The molecule has 0 aromatic heterocycles. The van der Waals surface area contributed by atoms with E-state index in [1.165, 1.54) is 22.4 Å². The van der Waals surface area contributed by atoms with Gasteiger partial charge >= 0.3 is 0 Å². The maximum atomic E-state index is 13.3. The van der Waals surface area contributed by atoms with Gasteiger partial charge in [0.05, 0.1) is 0 Å². The largest absolute Gasteiger partial charge is 0.207 e. The fourth-order valence-electron chi connectivity index (χ4n) is 2.78. The average Bonchev–Trinajstić information content (AvgIpc) is 2.64. The second kappa shape index (κ2) is 10.3. The summed E-state index contributed by atoms with van der Waals surface area (Å²) in [4.78, 5) is 0. The second-order valence-electron chi connectivity index (χ2n) is 7.99. The summed E-state index contributed by atoms with van der Waals surface area (Å²) in [5.41, 5.74) is 3.22. The second-order valence-corrected chi connectivity index (χ2v) is 7.99. The molecule has 3 rings (SSSR count). The van der Waals surface area contributed by atoms with Crippen molar-refractivity contribution in [1.82, 2.24) is 0 Å². The van der Waals surface area contributed by atoms with Crippen LogP contribution < -0.4 is 0 Å². The van der Waals surface area contributed by atoms with Crippen LogP contribution in [0, 0.1) is 12.7 Å². The number of hydrogen-bond donors (Lipinski definition) is 0. The highest BCUT2D eigenvalue weighted by Gasteiger charge is 2.17. The zero-order valence-corrected chi connectivity index (χ0v) is 18.2. The molecule has 0 unspecified atom stereocenters. The molecule has 0 N–H and O–H groups in total. The predicted molar refractivity (Wildman–Crippen MR) is 119 cm³/mol. The van der Waals surface area contributed by atoms with Crippen molar-refractivity contribution in [2.75, 3.05) is 0 Å². The molecule has 1 heteroatoms. The van der Waals surface area contributed by atoms with E-state index in [2.05, 4.69) is 56.3 Å². The summed E-state index contributed by atoms with van der Waals surface area (Å²) >= 11 is 0. The fraction of sp³-hybridized carbons (Fsp3) is 0.385. The first-order valence-corrected chi connectivity index (χ1v) is 9.94. The van der Waals surface area contributed by atoms with Crippen molar-refractivity contribution in [3.63, 3.8) is 0 Å². The minimum Gasteiger partial charge on any atom is -0.207 e. The maximum Gasteiger partial charge on any atom is 0.126 e. The number of benzene rings is 3. The lowest BCUT2D eigenvalue weighted by Gasteiger charge is -2.20. The first-order chi connectivity index (χ1) is 12.7. The van der Waals surface area contributed by atoms with Crippen molar-refractivity contribution >= 4 is 10.8 Å². The van der Waals surface area contributed by atoms with Gasteiger partial charge in [-0.3, -0.25) is 0 Å². The van der Waals surface area contributed by atoms with Gasteiger partial charge in [0, 0.05) is 0 Å². The fourth-order valence-corrected chi connectivity index (χ4v) is 2.78. The summed E-state index contributed by atoms with van der Waals surface area (Å²) in [5, 5.41) is 2.67. The standard InChI is InChI=1S/C13H14.C11H15F.C2H6/c1-10(2)12-8-7-11-5-3-4-6-13(11)9-12;1-8-5-6-10(12)9(7-8)11(2,3)4;1-2/h3-10H,1-2H3;5-7H,1-4H3;1-2H3. The van der Waals surface area contributed by atoms with Crippen LogP contribution in [0.3, 0.4) is 0 Å². The molecule has 0 aliphatic carbocycles. The number of hydrogen-bond acceptors (Lipinski definition) is 0. The zero-order chi connectivity index (χ0) is 20.6. The molecule has 0 bridgehead atoms. The summed E-state index contributed by atoms with van der Waals surface area (Å²) in [6, 6.07) is 20.4. The van der Waals surface area contributed by atoms with E-state index < -0.39 is 0 Å². The van der Waals surface area contributed by atoms with Crippen LogP contribution in [0.2, 0.25) is 0 Å². The number of halogens is 1. The van der Waals surface area contributed by atoms with Crippen LogP contribution in [-0.2, 0) is 5.41 Å². The quantitative estimate of drug-likeness (QED) is 0.405. The molecule has 0 atom stereocenters. The predicted octanol–water partition coefficient (Wildman–Crippen LogP) is 8.42. The molecular weight excluding hydrogens is 331 g/mol. The molecule has 0 amide bonds. The highest BCUT2D eigenvalue weighted by molar-refractivity contribution is 5.83. The minimum absolute atomic E-state index is 0.101. The van der Waals surface area contributed by atoms with Crippen LogP contribution in [-0.4, -0.2) is 0 Å². The van der Waals surface area contributed by atoms with Gasteiger partial charge in [0.1, 0.15) is 5.82 Å². The van der Waals surface area contributed by atoms with Gasteiger partial charge in [-0.2, -0.15) is 0 Å². The van der Waals surface area contributed by atoms with Crippen molar-refractivity contribution in [2.24, 2.45) is 0 Å². The molecule has 3 aromatic carbocycles. The Labute approximate surface area is 165 Å². The Kier molecular flexibility index (Phi) is 8.69. The Balaban J connectivity index is 0.000000248. The third-order valence-electron chi connectivity index (χ3n) is 4.37. The normalized spacial score (nSPS) is 10.7. The monoisotopic (exact) mass is 366 g/mol. The molecule has 0 aliphatic heterocycles. The van der Waals surface area contributed by atoms with Crippen molar-refractivity contribution < 1.29 is 4.39 Å². The SMILES string of the molecule is CC.CC(C)c1ccc2ccccc2c1.Cc1ccc(F)c(C(C)(C)C)c1. The molecule has 0 saturated heterocycles. The zero-order valence-electron chi connectivity index (χ0n) is 18.2. The van der Waals surface area contributed by atoms with Crippen LogP contribution >= 0.6 is 0 Å². The molecule has 0 aliphatic rings. The maximum absolute atomic E-state index is 13.3. The topological polar surface area (TPSA) is 0 Å². The van der Waals surface area contributed by atoms with Gasteiger partial charge in [-0.15, -0.1) is 0 Å². The molecule has 0 heterocycles. The van der Waals surface area contributed by atoms with Gasteiger partial charge in [-0.25, -0.2) is 4.39 Å². The highest BCUT2D eigenvalue weighted by atomic mass is 19.1. The van der Waals surface area contributed by atoms with Crippen molar-refractivity contribution in [3.8, 4) is 0 Å². The summed E-state index contributed by atoms with van der Waals surface area (Å²) in [7, 11) is 0. The van der Waals surface area contributed by atoms with Crippen LogP contribution in [0.4, 0.5) is 4.39 Å². The third-order valence-corrected chi connectivity index (χ3v) is 4.37. The van der Waals surface area contributed by atoms with E-state index in [-0.39, 0.29) is 11.2 Å². The smallest absolute Gasteiger partial charge is 0.126 e. The minimum atomic E-state index is -0.104. The van der Waals surface area contributed by atoms with Crippen molar-refractivity contribution in [2.45, 2.75) is 66.7 Å². The Morgan fingerprint density at radius 2 is 1.37 bits per heavy atom. The van der Waals surface area contributed by atoms with Gasteiger partial charge in [0.2, 0.25) is 0 Å². The van der Waals surface area contributed by atoms with E-state index >= 15 is 0 Å². The molecule has 3 aromatic rings. The third kappa shape index (κ3) is 6.82. The Bertz CT molecular complexity index is 838. The van der Waals surface area contributed by atoms with E-state index in [1.54, 1.807) is 6.07 Å². The molecule has 27 heavy (non-hydrogen) atoms. The van der Waals surface area contributed by atoms with Crippen molar-refractivity contribution in [1.29, 1.82) is 0 Å². The molecular formula is C26H35F. The van der Waals surface area contributed by atoms with Gasteiger partial charge in [-0.1, -0.05) is 109 Å². The van der Waals surface area contributed by atoms with Gasteiger partial charge in [-0.05, 0) is 46.2 Å². The van der Waals surface area contributed by atoms with Crippen molar-refractivity contribution in [3.05, 3.63) is 83.2 Å². The molecule has 0 spiro atoms. The van der Waals surface area contributed by atoms with E-state index in [0.29, 0.717) is 5.92 Å². The van der Waals surface area contributed by atoms with Crippen LogP contribution in [0.5, 0.6) is 0 Å². The molecule has 146 valence electrons. The summed E-state index contributed by atoms with van der Waals surface area (Å²) < 4.78 is 13.3. The summed E-state index contributed by atoms with van der Waals surface area (Å²) in [6.45, 7) is 16.5. The Morgan fingerprint density at radius 1 is 0.778 bits per heavy atom. The van der Waals surface area contributed by atoms with E-state index in [1.807, 2.05) is 47.6 Å². The Hall–Kier alpha value is -2.15. The first-order valence-electron chi connectivity index (χ1n) is 9.94. The molecule has 0 fully saturated rings. The van der Waals surface area contributed by atoms with Gasteiger partial charge < -0.3 is 0 Å². The van der Waals surface area contributed by atoms with E-state index in [9.17, 15) is 4.39 Å². The molecule has 0 nitrogen and oxygen atoms in total. The Morgan fingerprint density at radius 3 is 1.89 bits per heavy atom. The molecule has 0 saturated carbocycles. The lowest BCUT2D eigenvalue weighted by molar-refractivity contribution is 0.522. The van der Waals surface area contributed by atoms with Crippen LogP contribution in [0.15, 0.2) is 60.7 Å². The summed E-state index contributed by atoms with van der Waals surface area (Å²) in [5.74, 6) is 0.512. The number of aryl methyl sites for hydroxylation is 1. The lowest BCUT2D eigenvalue weighted by atomic mass is 9.86. The lowest BCUT2D eigenvalue weighted by Crippen LogP contribution is -2.13. The van der Waals surface area contributed by atoms with Gasteiger partial charge in [0.15, 0.2) is 0 Å². The first kappa shape index (κ1) is 22.9. The van der Waals surface area contributed by atoms with Gasteiger partial charge in [0.25, 0.3) is 0 Å². The average molecular weight is 367 g/mol. The van der Waals surface area contributed by atoms with Crippen LogP contribution in [0.1, 0.15) is 71.1 Å². The van der Waals surface area contributed by atoms with E-state index in [0.717, 1.165) is 11.1 Å².